The number of hydrogen-bond acceptors (Lipinski definition) is 1. The molecule has 2 fully saturated rings. The van der Waals surface area contributed by atoms with E-state index in [0.29, 0.717) is 0 Å². The Balaban J connectivity index is 1.64. The van der Waals surface area contributed by atoms with Crippen LogP contribution in [0.1, 0.15) is 12.0 Å². The van der Waals surface area contributed by atoms with E-state index in [1.165, 1.54) is 25.1 Å². The summed E-state index contributed by atoms with van der Waals surface area (Å²) in [7, 11) is 0. The van der Waals surface area contributed by atoms with Crippen molar-refractivity contribution in [3.8, 4) is 0 Å². The van der Waals surface area contributed by atoms with E-state index in [9.17, 15) is 0 Å². The van der Waals surface area contributed by atoms with Gasteiger partial charge in [0, 0.05) is 24.7 Å². The SMILES string of the molecule is Clc1ccc(CN2CC3C[C@@H]3C2)cc1. The summed E-state index contributed by atoms with van der Waals surface area (Å²) in [5, 5.41) is 0.831. The van der Waals surface area contributed by atoms with Crippen LogP contribution in [0, 0.1) is 11.8 Å². The summed E-state index contributed by atoms with van der Waals surface area (Å²) in [6.07, 6.45) is 1.48. The molecular weight excluding hydrogens is 194 g/mol. The molecule has 0 aromatic heterocycles. The lowest BCUT2D eigenvalue weighted by atomic mass is 10.2. The maximum absolute atomic E-state index is 5.84. The van der Waals surface area contributed by atoms with Crippen LogP contribution in [0.4, 0.5) is 0 Å². The molecule has 3 rings (SSSR count). The van der Waals surface area contributed by atoms with Crippen molar-refractivity contribution in [1.82, 2.24) is 4.90 Å². The molecule has 0 bridgehead atoms. The van der Waals surface area contributed by atoms with Gasteiger partial charge in [-0.2, -0.15) is 0 Å². The van der Waals surface area contributed by atoms with Crippen molar-refractivity contribution in [2.75, 3.05) is 13.1 Å². The largest absolute Gasteiger partial charge is 0.299 e. The molecule has 1 saturated carbocycles. The van der Waals surface area contributed by atoms with Gasteiger partial charge in [-0.1, -0.05) is 23.7 Å². The highest BCUT2D eigenvalue weighted by atomic mass is 35.5. The second-order valence-electron chi connectivity index (χ2n) is 4.58. The third-order valence-electron chi connectivity index (χ3n) is 3.37. The van der Waals surface area contributed by atoms with Crippen molar-refractivity contribution < 1.29 is 0 Å². The normalized spacial score (nSPS) is 30.4. The van der Waals surface area contributed by atoms with Crippen LogP contribution in [-0.4, -0.2) is 18.0 Å². The van der Waals surface area contributed by atoms with Gasteiger partial charge in [-0.3, -0.25) is 4.90 Å². The number of likely N-dealkylation sites (tertiary alicyclic amines) is 1. The van der Waals surface area contributed by atoms with Gasteiger partial charge in [0.2, 0.25) is 0 Å². The molecule has 1 aromatic rings. The Kier molecular flexibility index (Phi) is 2.03. The Bertz CT molecular complexity index is 323. The standard InChI is InChI=1S/C12H14ClN/c13-12-3-1-9(2-4-12)6-14-7-10-5-11(10)8-14/h1-4,10-11H,5-8H2/t10-,11?/m1/s1. The minimum absolute atomic E-state index is 0.831. The van der Waals surface area contributed by atoms with Crippen LogP contribution >= 0.6 is 11.6 Å². The molecule has 0 radical (unpaired) electrons. The summed E-state index contributed by atoms with van der Waals surface area (Å²) < 4.78 is 0. The van der Waals surface area contributed by atoms with Gasteiger partial charge in [-0.05, 0) is 36.0 Å². The fourth-order valence-electron chi connectivity index (χ4n) is 2.47. The topological polar surface area (TPSA) is 3.24 Å². The van der Waals surface area contributed by atoms with Crippen molar-refractivity contribution in [3.05, 3.63) is 34.9 Å². The first-order valence-corrected chi connectivity index (χ1v) is 5.66. The Morgan fingerprint density at radius 1 is 1.14 bits per heavy atom. The van der Waals surface area contributed by atoms with E-state index in [1.54, 1.807) is 0 Å². The molecule has 1 heterocycles. The summed E-state index contributed by atoms with van der Waals surface area (Å²) in [5.74, 6) is 2.06. The molecule has 2 heteroatoms. The maximum atomic E-state index is 5.84. The highest BCUT2D eigenvalue weighted by molar-refractivity contribution is 6.30. The lowest BCUT2D eigenvalue weighted by molar-refractivity contribution is 0.297. The monoisotopic (exact) mass is 207 g/mol. The van der Waals surface area contributed by atoms with E-state index in [4.69, 9.17) is 11.6 Å². The van der Waals surface area contributed by atoms with Gasteiger partial charge in [-0.15, -0.1) is 0 Å². The second-order valence-corrected chi connectivity index (χ2v) is 5.01. The van der Waals surface area contributed by atoms with E-state index in [1.807, 2.05) is 12.1 Å². The number of hydrogen-bond donors (Lipinski definition) is 0. The molecule has 2 atom stereocenters. The second kappa shape index (κ2) is 3.25. The zero-order chi connectivity index (χ0) is 9.54. The summed E-state index contributed by atoms with van der Waals surface area (Å²) in [4.78, 5) is 2.56. The molecule has 0 N–H and O–H groups in total. The fourth-order valence-corrected chi connectivity index (χ4v) is 2.60. The van der Waals surface area contributed by atoms with Gasteiger partial charge >= 0.3 is 0 Å². The van der Waals surface area contributed by atoms with Crippen molar-refractivity contribution >= 4 is 11.6 Å². The van der Waals surface area contributed by atoms with Gasteiger partial charge in [0.05, 0.1) is 0 Å². The maximum Gasteiger partial charge on any atom is 0.0406 e. The zero-order valence-electron chi connectivity index (χ0n) is 8.12. The van der Waals surface area contributed by atoms with Crippen molar-refractivity contribution in [2.45, 2.75) is 13.0 Å². The van der Waals surface area contributed by atoms with Crippen LogP contribution in [0.3, 0.4) is 0 Å². The lowest BCUT2D eigenvalue weighted by Gasteiger charge is -2.17. The molecule has 1 nitrogen and oxygen atoms in total. The van der Waals surface area contributed by atoms with E-state index < -0.39 is 0 Å². The van der Waals surface area contributed by atoms with Gasteiger partial charge < -0.3 is 0 Å². The van der Waals surface area contributed by atoms with Gasteiger partial charge in [-0.25, -0.2) is 0 Å². The number of halogens is 1. The molecule has 1 unspecified atom stereocenters. The number of piperidine rings is 1. The van der Waals surface area contributed by atoms with Crippen LogP contribution in [0.25, 0.3) is 0 Å². The van der Waals surface area contributed by atoms with Gasteiger partial charge in [0.1, 0.15) is 0 Å². The highest BCUT2D eigenvalue weighted by Crippen LogP contribution is 2.45. The summed E-state index contributed by atoms with van der Waals surface area (Å²) >= 11 is 5.84. The predicted octanol–water partition coefficient (Wildman–Crippen LogP) is 2.79. The first kappa shape index (κ1) is 8.75. The lowest BCUT2D eigenvalue weighted by Crippen LogP contribution is -2.21. The summed E-state index contributed by atoms with van der Waals surface area (Å²) in [5.41, 5.74) is 1.38. The number of nitrogens with zero attached hydrogens (tertiary/aromatic N) is 1. The number of benzene rings is 1. The van der Waals surface area contributed by atoms with E-state index in [2.05, 4.69) is 17.0 Å². The number of fused-ring (bicyclic) bond motifs is 1. The minimum Gasteiger partial charge on any atom is -0.299 e. The Hall–Kier alpha value is -0.530. The van der Waals surface area contributed by atoms with E-state index in [-0.39, 0.29) is 0 Å². The highest BCUT2D eigenvalue weighted by Gasteiger charge is 2.44. The molecule has 1 saturated heterocycles. The first-order chi connectivity index (χ1) is 6.81. The summed E-state index contributed by atoms with van der Waals surface area (Å²) in [6.45, 7) is 3.73. The van der Waals surface area contributed by atoms with Crippen LogP contribution < -0.4 is 0 Å². The van der Waals surface area contributed by atoms with Crippen molar-refractivity contribution in [3.63, 3.8) is 0 Å². The Morgan fingerprint density at radius 3 is 2.43 bits per heavy atom. The molecule has 2 aliphatic rings. The van der Waals surface area contributed by atoms with Crippen LogP contribution in [0.5, 0.6) is 0 Å². The molecule has 14 heavy (non-hydrogen) atoms. The van der Waals surface area contributed by atoms with Crippen molar-refractivity contribution in [2.24, 2.45) is 11.8 Å². The average molecular weight is 208 g/mol. The zero-order valence-corrected chi connectivity index (χ0v) is 8.87. The molecule has 1 aliphatic carbocycles. The van der Waals surface area contributed by atoms with Gasteiger partial charge in [0.15, 0.2) is 0 Å². The molecule has 1 aromatic carbocycles. The van der Waals surface area contributed by atoms with Crippen LogP contribution in [0.15, 0.2) is 24.3 Å². The number of rotatable bonds is 2. The third kappa shape index (κ3) is 1.67. The van der Waals surface area contributed by atoms with Crippen molar-refractivity contribution in [1.29, 1.82) is 0 Å². The molecular formula is C12H14ClN. The summed E-state index contributed by atoms with van der Waals surface area (Å²) in [6, 6.07) is 8.22. The first-order valence-electron chi connectivity index (χ1n) is 5.28. The Labute approximate surface area is 89.7 Å². The molecule has 1 aliphatic heterocycles. The van der Waals surface area contributed by atoms with E-state index >= 15 is 0 Å². The quantitative estimate of drug-likeness (QED) is 0.721. The van der Waals surface area contributed by atoms with E-state index in [0.717, 1.165) is 23.4 Å². The fraction of sp³-hybridized carbons (Fsp3) is 0.500. The third-order valence-corrected chi connectivity index (χ3v) is 3.63. The van der Waals surface area contributed by atoms with Crippen LogP contribution in [0.2, 0.25) is 5.02 Å². The molecule has 74 valence electrons. The smallest absolute Gasteiger partial charge is 0.0406 e. The average Bonchev–Trinajstić information content (AvgIpc) is 2.79. The molecule has 0 amide bonds. The predicted molar refractivity (Wildman–Crippen MR) is 58.3 cm³/mol. The van der Waals surface area contributed by atoms with Gasteiger partial charge in [0.25, 0.3) is 0 Å². The molecule has 0 spiro atoms. The minimum atomic E-state index is 0.831. The van der Waals surface area contributed by atoms with Crippen LogP contribution in [-0.2, 0) is 6.54 Å². The Morgan fingerprint density at radius 2 is 1.79 bits per heavy atom.